The summed E-state index contributed by atoms with van der Waals surface area (Å²) in [5, 5.41) is 12.3. The van der Waals surface area contributed by atoms with E-state index in [0.29, 0.717) is 66.1 Å². The molecule has 1 aliphatic heterocycles. The van der Waals surface area contributed by atoms with E-state index in [1.807, 2.05) is 157 Å². The number of carbonyl (C=O) groups excluding carboxylic acids is 13. The van der Waals surface area contributed by atoms with E-state index in [1.54, 1.807) is 12.1 Å². The molecule has 0 saturated carbocycles. The van der Waals surface area contributed by atoms with E-state index in [-0.39, 0.29) is 208 Å². The average Bonchev–Trinajstić information content (AvgIpc) is 0.752. The molecular formula is C101H161N9O28. The van der Waals surface area contributed by atoms with Crippen LogP contribution in [0.4, 0.5) is 5.69 Å². The van der Waals surface area contributed by atoms with Crippen LogP contribution in [-0.2, 0) is 119 Å². The summed E-state index contributed by atoms with van der Waals surface area (Å²) in [6.07, 6.45) is 1.71. The standard InChI is InChI=1S/C101H161N9O28/c1-21-107(22-2)76-32-35-80-85(45-76)138-86-47-84(111)78-34-33-77(46-79(78)97(86)105-80)128-63-90(115)106-101(64-125-42-36-87(112)102-39-26-23-29-81(98(122)135-60-73(15)16)108(48-91(116)129-54-67(3)4)49-92(117)130-55-68(5)6,65-126-43-37-88(113)103-40-27-24-30-82(99(123)136-61-74(17)18)109(50-93(118)131-56-69(7)8)51-94(119)132-57-70(9)10)66-127-44-38-89(114)104-41-28-25-31-83(100(124)137-62-75(19)20)110(52-95(120)133-58-71(11)12)53-96(121)134-59-72(13)14/h32-35,45-47,67-75,81-83H,21-31,36-44,48-66H2,1-20H3,(H,102,112)(H,103,113)(H,104,114)(H,106,115). The third-order valence-corrected chi connectivity index (χ3v) is 20.8. The number of ether oxygens (including phenoxy) is 13. The molecule has 2 aliphatic rings. The Morgan fingerprint density at radius 3 is 1.01 bits per heavy atom. The van der Waals surface area contributed by atoms with Crippen molar-refractivity contribution in [3.05, 3.63) is 52.7 Å². The van der Waals surface area contributed by atoms with Crippen molar-refractivity contribution >= 4 is 105 Å². The molecule has 1 aliphatic carbocycles. The van der Waals surface area contributed by atoms with Gasteiger partial charge in [-0.25, -0.2) is 4.98 Å². The number of aromatic nitrogens is 1. The molecule has 0 bridgehead atoms. The van der Waals surface area contributed by atoms with E-state index in [2.05, 4.69) is 26.2 Å². The molecule has 4 N–H and O–H groups in total. The summed E-state index contributed by atoms with van der Waals surface area (Å²) >= 11 is 0. The number of carbonyl (C=O) groups is 13. The Bertz CT molecular complexity index is 4060. The summed E-state index contributed by atoms with van der Waals surface area (Å²) in [6.45, 7) is 35.6. The lowest BCUT2D eigenvalue weighted by atomic mass is 10.0. The number of nitrogens with zero attached hydrogens (tertiary/aromatic N) is 5. The zero-order chi connectivity index (χ0) is 102. The normalized spacial score (nSPS) is 12.8. The van der Waals surface area contributed by atoms with Crippen LogP contribution in [0.2, 0.25) is 0 Å². The number of hydrogen-bond donors (Lipinski definition) is 4. The van der Waals surface area contributed by atoms with Gasteiger partial charge in [-0.2, -0.15) is 0 Å². The van der Waals surface area contributed by atoms with Gasteiger partial charge in [0.25, 0.3) is 5.91 Å². The van der Waals surface area contributed by atoms with Crippen LogP contribution in [0.1, 0.15) is 216 Å². The van der Waals surface area contributed by atoms with Crippen LogP contribution in [-0.4, -0.2) is 298 Å². The number of nitrogens with one attached hydrogen (secondary N) is 4. The van der Waals surface area contributed by atoms with Gasteiger partial charge >= 0.3 is 53.7 Å². The predicted molar refractivity (Wildman–Crippen MR) is 519 cm³/mol. The molecule has 4 rings (SSSR count). The number of amides is 4. The second-order valence-electron chi connectivity index (χ2n) is 38.8. The number of rotatable bonds is 73. The monoisotopic (exact) mass is 1950 g/mol. The van der Waals surface area contributed by atoms with E-state index < -0.39 is 167 Å². The van der Waals surface area contributed by atoms with Gasteiger partial charge in [0.15, 0.2) is 23.4 Å². The Balaban J connectivity index is 1.69. The zero-order valence-electron chi connectivity index (χ0n) is 85.7. The highest BCUT2D eigenvalue weighted by Gasteiger charge is 2.38. The van der Waals surface area contributed by atoms with Gasteiger partial charge < -0.3 is 92.2 Å². The maximum atomic E-state index is 14.8. The summed E-state index contributed by atoms with van der Waals surface area (Å²) in [5.41, 5.74) is 0.224. The third kappa shape index (κ3) is 49.6. The summed E-state index contributed by atoms with van der Waals surface area (Å²) in [5.74, 6) is -7.50. The predicted octanol–water partition coefficient (Wildman–Crippen LogP) is 10.4. The lowest BCUT2D eigenvalue weighted by Crippen LogP contribution is -2.59. The average molecular weight is 1950 g/mol. The molecule has 0 aromatic heterocycles. The molecule has 0 spiro atoms. The van der Waals surface area contributed by atoms with Crippen molar-refractivity contribution in [1.29, 1.82) is 0 Å². The molecule has 37 heteroatoms. The van der Waals surface area contributed by atoms with Crippen LogP contribution in [0, 0.1) is 53.3 Å². The van der Waals surface area contributed by atoms with Gasteiger partial charge in [0.05, 0.1) is 138 Å². The number of unbranched alkanes of at least 4 members (excludes halogenated alkanes) is 3. The van der Waals surface area contributed by atoms with Gasteiger partial charge in [-0.15, -0.1) is 0 Å². The van der Waals surface area contributed by atoms with Crippen molar-refractivity contribution < 1.29 is 128 Å². The van der Waals surface area contributed by atoms with Crippen LogP contribution in [0.3, 0.4) is 0 Å². The molecule has 3 unspecified atom stereocenters. The first-order valence-corrected chi connectivity index (χ1v) is 49.2. The van der Waals surface area contributed by atoms with Crippen LogP contribution in [0.15, 0.2) is 51.7 Å². The molecule has 4 amide bonds. The molecule has 0 saturated heterocycles. The smallest absolute Gasteiger partial charge is 0.323 e. The SMILES string of the molecule is CCN(CC)c1ccc2nc3c4cc(OCC(=O)NC(COCCC(=O)NCCCCC(C(=O)OCC(C)C)N(CC(=O)OCC(C)C)CC(=O)OCC(C)C)(COCCC(=O)NCCCCC(C(=O)OCC(C)C)N(CC(=O)OCC(C)C)CC(=O)OCC(C)C)COCCC(=O)NCCCCC(C(=O)OCC(C)C)N(CC(=O)OCC(C)C)CC(=O)OCC(C)C)ccc4c(=O)cc-3oc2c1. The molecule has 0 fully saturated rings. The molecule has 778 valence electrons. The number of benzene rings is 3. The van der Waals surface area contributed by atoms with Crippen LogP contribution in [0.5, 0.6) is 5.75 Å². The van der Waals surface area contributed by atoms with Gasteiger partial charge in [-0.3, -0.25) is 81.8 Å². The highest BCUT2D eigenvalue weighted by molar-refractivity contribution is 5.98. The number of anilines is 1. The van der Waals surface area contributed by atoms with E-state index in [1.165, 1.54) is 26.8 Å². The lowest BCUT2D eigenvalue weighted by molar-refractivity contribution is -0.160. The van der Waals surface area contributed by atoms with Crippen molar-refractivity contribution in [2.45, 2.75) is 239 Å². The van der Waals surface area contributed by atoms with E-state index in [9.17, 15) is 67.1 Å². The minimum Gasteiger partial charge on any atom is -0.484 e. The molecule has 3 atom stereocenters. The van der Waals surface area contributed by atoms with Crippen molar-refractivity contribution in [3.63, 3.8) is 0 Å². The Kier molecular flexibility index (Phi) is 57.1. The quantitative estimate of drug-likeness (QED) is 0.0105. The summed E-state index contributed by atoms with van der Waals surface area (Å²) in [4.78, 5) is 202. The second-order valence-corrected chi connectivity index (χ2v) is 38.8. The molecule has 2 aromatic rings. The molecule has 0 radical (unpaired) electrons. The van der Waals surface area contributed by atoms with Gasteiger partial charge in [0, 0.05) is 80.6 Å². The largest absolute Gasteiger partial charge is 0.484 e. The third-order valence-electron chi connectivity index (χ3n) is 20.8. The first-order chi connectivity index (χ1) is 65.5. The summed E-state index contributed by atoms with van der Waals surface area (Å²) in [7, 11) is 0. The Morgan fingerprint density at radius 1 is 0.377 bits per heavy atom. The summed E-state index contributed by atoms with van der Waals surface area (Å²) < 4.78 is 81.4. The fraction of sp³-hybridized carbons (Fsp3) is 0.713. The van der Waals surface area contributed by atoms with Crippen molar-refractivity contribution in [2.24, 2.45) is 53.3 Å². The molecule has 2 aromatic carbocycles. The first-order valence-electron chi connectivity index (χ1n) is 49.2. The second kappa shape index (κ2) is 65.7. The van der Waals surface area contributed by atoms with Gasteiger partial charge in [0.2, 0.25) is 17.7 Å². The topological polar surface area (TPSA) is 446 Å². The molecule has 138 heavy (non-hydrogen) atoms. The van der Waals surface area contributed by atoms with Crippen LogP contribution >= 0.6 is 0 Å². The summed E-state index contributed by atoms with van der Waals surface area (Å²) in [6, 6.07) is 8.49. The van der Waals surface area contributed by atoms with Crippen LogP contribution < -0.4 is 36.3 Å². The fourth-order valence-electron chi connectivity index (χ4n) is 13.7. The van der Waals surface area contributed by atoms with Crippen molar-refractivity contribution in [3.8, 4) is 17.2 Å². The Morgan fingerprint density at radius 2 is 0.696 bits per heavy atom. The Hall–Kier alpha value is -10.2. The minimum atomic E-state index is -1.69. The molecular weight excluding hydrogens is 1790 g/mol. The van der Waals surface area contributed by atoms with Gasteiger partial charge in [0.1, 0.15) is 40.6 Å². The van der Waals surface area contributed by atoms with E-state index >= 15 is 0 Å². The molecule has 1 heterocycles. The fourth-order valence-corrected chi connectivity index (χ4v) is 13.7. The highest BCUT2D eigenvalue weighted by Crippen LogP contribution is 2.34. The Labute approximate surface area is 815 Å². The van der Waals surface area contributed by atoms with Gasteiger partial charge in [-0.05, 0) is 155 Å². The van der Waals surface area contributed by atoms with E-state index in [0.717, 1.165) is 18.8 Å². The van der Waals surface area contributed by atoms with Gasteiger partial charge in [-0.1, -0.05) is 125 Å². The maximum Gasteiger partial charge on any atom is 0.323 e. The maximum absolute atomic E-state index is 14.8. The van der Waals surface area contributed by atoms with Crippen molar-refractivity contribution in [1.82, 2.24) is 41.0 Å². The number of esters is 9. The molecule has 37 nitrogen and oxygen atoms in total. The van der Waals surface area contributed by atoms with Crippen LogP contribution in [0.25, 0.3) is 33.3 Å². The number of hydrogen-bond acceptors (Lipinski definition) is 33. The van der Waals surface area contributed by atoms with Crippen molar-refractivity contribution in [2.75, 3.05) is 183 Å². The number of fused-ring (bicyclic) bond motifs is 4. The first kappa shape index (κ1) is 120. The zero-order valence-corrected chi connectivity index (χ0v) is 85.7. The highest BCUT2D eigenvalue weighted by atomic mass is 16.6. The lowest BCUT2D eigenvalue weighted by Gasteiger charge is -2.34. The minimum absolute atomic E-state index is 0.0151. The van der Waals surface area contributed by atoms with E-state index in [4.69, 9.17) is 71.0 Å².